The summed E-state index contributed by atoms with van der Waals surface area (Å²) in [6.07, 6.45) is 3.70. The summed E-state index contributed by atoms with van der Waals surface area (Å²) in [6.45, 7) is 6.16. The quantitative estimate of drug-likeness (QED) is 0.889. The normalized spacial score (nSPS) is 16.4. The highest BCUT2D eigenvalue weighted by atomic mass is 16.2. The first-order valence-electron chi connectivity index (χ1n) is 6.56. The molecule has 2 rings (SSSR count). The topological polar surface area (TPSA) is 59.8 Å². The number of carbonyl (C=O) groups excluding carboxylic acids is 1. The van der Waals surface area contributed by atoms with Gasteiger partial charge in [-0.25, -0.2) is 0 Å². The lowest BCUT2D eigenvalue weighted by molar-refractivity contribution is -0.128. The fourth-order valence-electron chi connectivity index (χ4n) is 1.98. The zero-order valence-corrected chi connectivity index (χ0v) is 11.7. The summed E-state index contributed by atoms with van der Waals surface area (Å²) in [5, 5.41) is 11.3. The highest BCUT2D eigenvalue weighted by Crippen LogP contribution is 2.35. The van der Waals surface area contributed by atoms with Gasteiger partial charge in [-0.1, -0.05) is 27.2 Å². The van der Waals surface area contributed by atoms with E-state index < -0.39 is 0 Å². The zero-order valence-electron chi connectivity index (χ0n) is 11.7. The third-order valence-corrected chi connectivity index (χ3v) is 3.56. The van der Waals surface area contributed by atoms with Gasteiger partial charge in [0.05, 0.1) is 6.54 Å². The van der Waals surface area contributed by atoms with Crippen LogP contribution < -0.4 is 5.32 Å². The molecule has 0 spiro atoms. The number of nitrogens with one attached hydrogen (secondary N) is 1. The van der Waals surface area contributed by atoms with Crippen LogP contribution in [0, 0.1) is 5.41 Å². The van der Waals surface area contributed by atoms with E-state index in [2.05, 4.69) is 15.5 Å². The molecule has 1 N–H and O–H groups in total. The molecule has 1 saturated carbocycles. The van der Waals surface area contributed by atoms with Crippen molar-refractivity contribution >= 4 is 5.91 Å². The average Bonchev–Trinajstić information content (AvgIpc) is 2.54. The van der Waals surface area contributed by atoms with Crippen LogP contribution in [0.15, 0.2) is 0 Å². The molecular weight excluding hydrogens is 228 g/mol. The number of nitrogens with zero attached hydrogens (tertiary/aromatic N) is 3. The molecule has 0 aromatic carbocycles. The second-order valence-electron chi connectivity index (χ2n) is 6.09. The highest BCUT2D eigenvalue weighted by molar-refractivity contribution is 5.81. The summed E-state index contributed by atoms with van der Waals surface area (Å²) >= 11 is 0. The second kappa shape index (κ2) is 4.71. The van der Waals surface area contributed by atoms with Crippen molar-refractivity contribution in [1.82, 2.24) is 20.1 Å². The molecule has 1 aromatic rings. The van der Waals surface area contributed by atoms with E-state index in [0.717, 1.165) is 11.6 Å². The molecule has 100 valence electrons. The predicted molar refractivity (Wildman–Crippen MR) is 68.9 cm³/mol. The van der Waals surface area contributed by atoms with Crippen molar-refractivity contribution in [2.75, 3.05) is 0 Å². The molecule has 5 nitrogen and oxygen atoms in total. The van der Waals surface area contributed by atoms with Gasteiger partial charge in [-0.3, -0.25) is 4.79 Å². The molecule has 0 aliphatic heterocycles. The van der Waals surface area contributed by atoms with Gasteiger partial charge in [0.15, 0.2) is 5.82 Å². The fourth-order valence-corrected chi connectivity index (χ4v) is 1.98. The van der Waals surface area contributed by atoms with E-state index in [1.165, 1.54) is 19.3 Å². The van der Waals surface area contributed by atoms with Gasteiger partial charge < -0.3 is 9.88 Å². The van der Waals surface area contributed by atoms with Crippen molar-refractivity contribution in [2.24, 2.45) is 12.5 Å². The Balaban J connectivity index is 1.98. The number of carbonyl (C=O) groups is 1. The third kappa shape index (κ3) is 2.54. The van der Waals surface area contributed by atoms with Crippen LogP contribution in [0.3, 0.4) is 0 Å². The number of hydrogen-bond donors (Lipinski definition) is 1. The largest absolute Gasteiger partial charge is 0.348 e. The monoisotopic (exact) mass is 250 g/mol. The number of aromatic nitrogens is 3. The lowest BCUT2D eigenvalue weighted by atomic mass is 9.85. The van der Waals surface area contributed by atoms with Gasteiger partial charge in [-0.2, -0.15) is 0 Å². The van der Waals surface area contributed by atoms with Crippen LogP contribution in [0.4, 0.5) is 0 Å². The van der Waals surface area contributed by atoms with Crippen LogP contribution in [-0.2, 0) is 18.4 Å². The summed E-state index contributed by atoms with van der Waals surface area (Å²) in [5.74, 6) is 2.49. The van der Waals surface area contributed by atoms with Crippen LogP contribution in [0.2, 0.25) is 0 Å². The Hall–Kier alpha value is -1.39. The maximum Gasteiger partial charge on any atom is 0.225 e. The lowest BCUT2D eigenvalue weighted by Gasteiger charge is -2.24. The Bertz CT molecular complexity index is 440. The minimum Gasteiger partial charge on any atom is -0.348 e. The fraction of sp³-hybridized carbons (Fsp3) is 0.769. The van der Waals surface area contributed by atoms with E-state index in [1.54, 1.807) is 0 Å². The van der Waals surface area contributed by atoms with Crippen molar-refractivity contribution in [3.8, 4) is 0 Å². The van der Waals surface area contributed by atoms with Crippen LogP contribution in [0.25, 0.3) is 0 Å². The molecule has 1 aromatic heterocycles. The van der Waals surface area contributed by atoms with Crippen LogP contribution in [0.1, 0.15) is 57.6 Å². The molecule has 0 atom stereocenters. The summed E-state index contributed by atoms with van der Waals surface area (Å²) in [5.41, 5.74) is -0.366. The Labute approximate surface area is 108 Å². The van der Waals surface area contributed by atoms with Crippen LogP contribution in [0.5, 0.6) is 0 Å². The van der Waals surface area contributed by atoms with Gasteiger partial charge in [-0.15, -0.1) is 10.2 Å². The summed E-state index contributed by atoms with van der Waals surface area (Å²) < 4.78 is 2.02. The summed E-state index contributed by atoms with van der Waals surface area (Å²) in [6, 6.07) is 0. The van der Waals surface area contributed by atoms with Gasteiger partial charge >= 0.3 is 0 Å². The van der Waals surface area contributed by atoms with Crippen molar-refractivity contribution < 1.29 is 4.79 Å². The SMILES string of the molecule is Cn1c(CNC(=O)C(C)(C)C)nnc1C1CCC1. The van der Waals surface area contributed by atoms with Gasteiger partial charge in [0, 0.05) is 18.4 Å². The number of hydrogen-bond acceptors (Lipinski definition) is 3. The standard InChI is InChI=1S/C13H22N4O/c1-13(2,3)12(18)14-8-10-15-16-11(17(10)4)9-6-5-7-9/h9H,5-8H2,1-4H3,(H,14,18). The van der Waals surface area contributed by atoms with Gasteiger partial charge in [0.2, 0.25) is 5.91 Å². The first kappa shape index (κ1) is 13.1. The minimum atomic E-state index is -0.366. The molecule has 0 radical (unpaired) electrons. The van der Waals surface area contributed by atoms with E-state index in [4.69, 9.17) is 0 Å². The van der Waals surface area contributed by atoms with E-state index in [1.807, 2.05) is 32.4 Å². The Morgan fingerprint density at radius 1 is 1.39 bits per heavy atom. The van der Waals surface area contributed by atoms with Crippen molar-refractivity contribution in [3.05, 3.63) is 11.6 Å². The van der Waals surface area contributed by atoms with Gasteiger partial charge in [0.1, 0.15) is 5.82 Å². The van der Waals surface area contributed by atoms with E-state index in [0.29, 0.717) is 12.5 Å². The maximum absolute atomic E-state index is 11.8. The smallest absolute Gasteiger partial charge is 0.225 e. The van der Waals surface area contributed by atoms with Crippen LogP contribution in [-0.4, -0.2) is 20.7 Å². The Morgan fingerprint density at radius 2 is 2.06 bits per heavy atom. The van der Waals surface area contributed by atoms with Gasteiger partial charge in [-0.05, 0) is 12.8 Å². The minimum absolute atomic E-state index is 0.0377. The summed E-state index contributed by atoms with van der Waals surface area (Å²) in [4.78, 5) is 11.8. The molecule has 1 aliphatic rings. The number of rotatable bonds is 3. The third-order valence-electron chi connectivity index (χ3n) is 3.56. The van der Waals surface area contributed by atoms with E-state index in [9.17, 15) is 4.79 Å². The van der Waals surface area contributed by atoms with E-state index in [-0.39, 0.29) is 11.3 Å². The maximum atomic E-state index is 11.8. The number of amides is 1. The Kier molecular flexibility index (Phi) is 3.41. The van der Waals surface area contributed by atoms with E-state index >= 15 is 0 Å². The molecule has 0 saturated heterocycles. The molecule has 5 heteroatoms. The van der Waals surface area contributed by atoms with Crippen molar-refractivity contribution in [2.45, 2.75) is 52.5 Å². The summed E-state index contributed by atoms with van der Waals surface area (Å²) in [7, 11) is 1.98. The Morgan fingerprint density at radius 3 is 2.56 bits per heavy atom. The molecule has 18 heavy (non-hydrogen) atoms. The lowest BCUT2D eigenvalue weighted by Crippen LogP contribution is -2.35. The van der Waals surface area contributed by atoms with Crippen molar-refractivity contribution in [1.29, 1.82) is 0 Å². The first-order chi connectivity index (χ1) is 8.39. The molecule has 0 unspecified atom stereocenters. The van der Waals surface area contributed by atoms with Crippen LogP contribution >= 0.6 is 0 Å². The molecule has 1 amide bonds. The molecule has 0 bridgehead atoms. The molecule has 1 fully saturated rings. The average molecular weight is 250 g/mol. The second-order valence-corrected chi connectivity index (χ2v) is 6.09. The highest BCUT2D eigenvalue weighted by Gasteiger charge is 2.26. The zero-order chi connectivity index (χ0) is 13.3. The molecule has 1 aliphatic carbocycles. The first-order valence-corrected chi connectivity index (χ1v) is 6.56. The predicted octanol–water partition coefficient (Wildman–Crippen LogP) is 1.74. The molecular formula is C13H22N4O. The molecule has 1 heterocycles. The van der Waals surface area contributed by atoms with Gasteiger partial charge in [0.25, 0.3) is 0 Å². The van der Waals surface area contributed by atoms with Crippen molar-refractivity contribution in [3.63, 3.8) is 0 Å².